The molecule has 1 aliphatic rings. The Kier molecular flexibility index (Phi) is 15.9. The molecular weight excluding hydrogens is 359 g/mol. The quantitative estimate of drug-likeness (QED) is 0.595. The second-order valence-corrected chi connectivity index (χ2v) is 5.44. The number of halogens is 1. The van der Waals surface area contributed by atoms with Gasteiger partial charge >= 0.3 is 27.7 Å². The van der Waals surface area contributed by atoms with Crippen LogP contribution in [0.2, 0.25) is 0 Å². The Morgan fingerprint density at radius 2 is 1.44 bits per heavy atom. The summed E-state index contributed by atoms with van der Waals surface area (Å²) >= 11 is 0. The molecule has 1 aromatic carbocycles. The summed E-state index contributed by atoms with van der Waals surface area (Å²) in [6.45, 7) is 10.9. The molecule has 1 radical (unpaired) electrons. The number of hydrogen-bond donors (Lipinski definition) is 1. The average Bonchev–Trinajstić information content (AvgIpc) is 2.74. The van der Waals surface area contributed by atoms with Gasteiger partial charge in [-0.05, 0) is 24.3 Å². The van der Waals surface area contributed by atoms with Crippen molar-refractivity contribution in [3.8, 4) is 0 Å². The minimum Gasteiger partial charge on any atom is -0.857 e. The van der Waals surface area contributed by atoms with Gasteiger partial charge in [0, 0.05) is 0 Å². The van der Waals surface area contributed by atoms with E-state index in [1.54, 1.807) is 0 Å². The number of benzene rings is 1. The van der Waals surface area contributed by atoms with Crippen molar-refractivity contribution < 1.29 is 46.2 Å². The first kappa shape index (κ1) is 28.5. The van der Waals surface area contributed by atoms with Crippen LogP contribution >= 0.6 is 0 Å². The fourth-order valence-electron chi connectivity index (χ4n) is 2.00. The third kappa shape index (κ3) is 9.71. The maximum Gasteiger partial charge on any atom is 3.00 e. The van der Waals surface area contributed by atoms with Crippen molar-refractivity contribution in [3.05, 3.63) is 58.4 Å². The molecule has 0 amide bonds. The molecule has 0 saturated heterocycles. The van der Waals surface area contributed by atoms with Gasteiger partial charge in [0.1, 0.15) is 5.82 Å². The third-order valence-corrected chi connectivity index (χ3v) is 3.65. The van der Waals surface area contributed by atoms with Crippen LogP contribution in [0.15, 0.2) is 41.0 Å². The van der Waals surface area contributed by atoms with E-state index < -0.39 is 11.8 Å². The Morgan fingerprint density at radius 1 is 1.04 bits per heavy atom. The fourth-order valence-corrected chi connectivity index (χ4v) is 2.00. The molecule has 0 aromatic heterocycles. The first-order valence-electron chi connectivity index (χ1n) is 7.25. The molecule has 0 heterocycles. The standard InChI is InChI=1S/C10H15.C7H5FO2.2CH3O.Ti/c1-7-6-10(4,5)9(3)8(7)2;8-6-3-1-5(2-4-6)7(9)10;2*1-2;/h1-5H3;1-4H,(H,9,10);2*1H3;/q-1;;2*-1;+3. The molecule has 0 atom stereocenters. The normalized spacial score (nSPS) is 13.6. The number of carboxylic acids is 1. The van der Waals surface area contributed by atoms with Crippen LogP contribution < -0.4 is 10.2 Å². The first-order chi connectivity index (χ1) is 11.1. The van der Waals surface area contributed by atoms with E-state index in [1.165, 1.54) is 28.9 Å². The molecule has 1 aliphatic carbocycles. The van der Waals surface area contributed by atoms with Crippen molar-refractivity contribution >= 4 is 5.97 Å². The SMILES string of the molecule is CC1=[C-]C(C)(C)C(C)=C1C.C[O-].C[O-].O=C(O)c1ccc(F)cc1.[Ti+3]. The number of rotatable bonds is 1. The van der Waals surface area contributed by atoms with Gasteiger partial charge in [0.25, 0.3) is 0 Å². The fraction of sp³-hybridized carbons (Fsp3) is 0.421. The van der Waals surface area contributed by atoms with E-state index in [9.17, 15) is 9.18 Å². The summed E-state index contributed by atoms with van der Waals surface area (Å²) in [5, 5.41) is 24.9. The van der Waals surface area contributed by atoms with Gasteiger partial charge in [0.2, 0.25) is 0 Å². The smallest absolute Gasteiger partial charge is 0.857 e. The zero-order valence-electron chi connectivity index (χ0n) is 15.9. The zero-order valence-corrected chi connectivity index (χ0v) is 17.4. The number of aromatic carboxylic acids is 1. The van der Waals surface area contributed by atoms with Crippen LogP contribution in [0.5, 0.6) is 0 Å². The Morgan fingerprint density at radius 3 is 1.64 bits per heavy atom. The summed E-state index contributed by atoms with van der Waals surface area (Å²) < 4.78 is 12.2. The maximum absolute atomic E-state index is 12.2. The van der Waals surface area contributed by atoms with Crippen LogP contribution in [-0.4, -0.2) is 25.3 Å². The summed E-state index contributed by atoms with van der Waals surface area (Å²) in [4.78, 5) is 10.2. The van der Waals surface area contributed by atoms with Gasteiger partial charge in [-0.15, -0.1) is 6.92 Å². The van der Waals surface area contributed by atoms with Crippen molar-refractivity contribution in [3.63, 3.8) is 0 Å². The summed E-state index contributed by atoms with van der Waals surface area (Å²) in [6, 6.07) is 4.67. The Bertz CT molecular complexity index is 576. The van der Waals surface area contributed by atoms with Crippen molar-refractivity contribution in [2.45, 2.75) is 34.6 Å². The molecular formula is C19H26FO4Ti. The molecule has 1 N–H and O–H groups in total. The molecule has 0 aliphatic heterocycles. The van der Waals surface area contributed by atoms with Gasteiger partial charge in [0.15, 0.2) is 0 Å². The Labute approximate surface area is 165 Å². The summed E-state index contributed by atoms with van der Waals surface area (Å²) in [6.07, 6.45) is 3.44. The maximum atomic E-state index is 12.2. The topological polar surface area (TPSA) is 83.4 Å². The number of carboxylic acid groups (broad SMARTS) is 1. The number of hydrogen-bond acceptors (Lipinski definition) is 3. The van der Waals surface area contributed by atoms with Crippen molar-refractivity contribution in [1.29, 1.82) is 0 Å². The number of carbonyl (C=O) groups is 1. The summed E-state index contributed by atoms with van der Waals surface area (Å²) in [5.74, 6) is -1.47. The molecule has 0 spiro atoms. The molecule has 25 heavy (non-hydrogen) atoms. The van der Waals surface area contributed by atoms with Crippen molar-refractivity contribution in [2.24, 2.45) is 5.41 Å². The molecule has 0 bridgehead atoms. The van der Waals surface area contributed by atoms with E-state index in [-0.39, 0.29) is 32.7 Å². The zero-order chi connectivity index (χ0) is 19.5. The molecule has 6 heteroatoms. The summed E-state index contributed by atoms with van der Waals surface area (Å²) in [7, 11) is 1.50. The summed E-state index contributed by atoms with van der Waals surface area (Å²) in [5.41, 5.74) is 4.49. The second-order valence-electron chi connectivity index (χ2n) is 5.44. The van der Waals surface area contributed by atoms with Crippen molar-refractivity contribution in [2.75, 3.05) is 14.2 Å². The van der Waals surface area contributed by atoms with E-state index in [1.807, 2.05) is 0 Å². The van der Waals surface area contributed by atoms with E-state index >= 15 is 0 Å². The van der Waals surface area contributed by atoms with Crippen LogP contribution in [0.25, 0.3) is 0 Å². The van der Waals surface area contributed by atoms with Gasteiger partial charge in [-0.1, -0.05) is 33.1 Å². The Balaban J connectivity index is -0.000000312. The van der Waals surface area contributed by atoms with Crippen LogP contribution in [0.4, 0.5) is 4.39 Å². The van der Waals surface area contributed by atoms with Crippen molar-refractivity contribution in [1.82, 2.24) is 0 Å². The largest absolute Gasteiger partial charge is 3.00 e. The predicted octanol–water partition coefficient (Wildman–Crippen LogP) is 2.59. The van der Waals surface area contributed by atoms with Crippen LogP contribution in [-0.2, 0) is 21.7 Å². The van der Waals surface area contributed by atoms with Gasteiger partial charge < -0.3 is 15.3 Å². The third-order valence-electron chi connectivity index (χ3n) is 3.65. The van der Waals surface area contributed by atoms with Gasteiger partial charge in [-0.2, -0.15) is 25.4 Å². The van der Waals surface area contributed by atoms with E-state index in [0.29, 0.717) is 0 Å². The molecule has 4 nitrogen and oxygen atoms in total. The van der Waals surface area contributed by atoms with E-state index in [2.05, 4.69) is 40.7 Å². The molecule has 0 unspecified atom stereocenters. The van der Waals surface area contributed by atoms with Gasteiger partial charge in [-0.25, -0.2) is 14.8 Å². The van der Waals surface area contributed by atoms with Crippen LogP contribution in [0.3, 0.4) is 0 Å². The molecule has 0 saturated carbocycles. The van der Waals surface area contributed by atoms with E-state index in [0.717, 1.165) is 26.4 Å². The second kappa shape index (κ2) is 14.0. The van der Waals surface area contributed by atoms with Gasteiger partial charge in [0.05, 0.1) is 5.56 Å². The minimum atomic E-state index is -1.04. The predicted molar refractivity (Wildman–Crippen MR) is 89.8 cm³/mol. The molecule has 2 rings (SSSR count). The van der Waals surface area contributed by atoms with Gasteiger partial charge in [-0.3, -0.25) is 6.08 Å². The minimum absolute atomic E-state index is 0. The molecule has 1 aromatic rings. The molecule has 137 valence electrons. The van der Waals surface area contributed by atoms with Crippen LogP contribution in [0.1, 0.15) is 45.0 Å². The Hall–Kier alpha value is -1.27. The van der Waals surface area contributed by atoms with E-state index in [4.69, 9.17) is 15.3 Å². The van der Waals surface area contributed by atoms with Crippen LogP contribution in [0, 0.1) is 17.3 Å². The number of allylic oxidation sites excluding steroid dienone is 4. The molecule has 0 fully saturated rings. The average molecular weight is 385 g/mol. The monoisotopic (exact) mass is 385 g/mol. The first-order valence-corrected chi connectivity index (χ1v) is 7.25.